The normalized spacial score (nSPS) is 31.6. The lowest BCUT2D eigenvalue weighted by Crippen LogP contribution is -2.60. The van der Waals surface area contributed by atoms with Crippen molar-refractivity contribution < 1.29 is 29.0 Å². The number of halogens is 1. The second-order valence-electron chi connectivity index (χ2n) is 10.7. The molecular weight excluding hydrogens is 528 g/mol. The van der Waals surface area contributed by atoms with Gasteiger partial charge in [-0.05, 0) is 45.4 Å². The monoisotopic (exact) mass is 568 g/mol. The number of fused-ring (bicyclic) bond motifs is 1. The Labute approximate surface area is 223 Å². The predicted octanol–water partition coefficient (Wildman–Crippen LogP) is 3.07. The van der Waals surface area contributed by atoms with Crippen LogP contribution in [0.15, 0.2) is 25.3 Å². The molecule has 3 aliphatic rings. The van der Waals surface area contributed by atoms with Gasteiger partial charge < -0.3 is 24.4 Å². The third-order valence-electron chi connectivity index (χ3n) is 7.83. The highest BCUT2D eigenvalue weighted by Gasteiger charge is 2.77. The van der Waals surface area contributed by atoms with Gasteiger partial charge >= 0.3 is 5.97 Å². The zero-order valence-corrected chi connectivity index (χ0v) is 23.5. The van der Waals surface area contributed by atoms with Gasteiger partial charge in [0.25, 0.3) is 0 Å². The Morgan fingerprint density at radius 2 is 1.97 bits per heavy atom. The van der Waals surface area contributed by atoms with Crippen molar-refractivity contribution in [2.75, 3.05) is 19.8 Å². The van der Waals surface area contributed by atoms with Crippen molar-refractivity contribution in [3.63, 3.8) is 0 Å². The second-order valence-corrected chi connectivity index (χ2v) is 11.9. The predicted molar refractivity (Wildman–Crippen MR) is 140 cm³/mol. The molecule has 0 radical (unpaired) electrons. The molecule has 2 amide bonds. The van der Waals surface area contributed by atoms with E-state index in [1.54, 1.807) is 11.0 Å². The summed E-state index contributed by atoms with van der Waals surface area (Å²) in [7, 11) is 0. The third kappa shape index (κ3) is 4.90. The summed E-state index contributed by atoms with van der Waals surface area (Å²) in [6.45, 7) is 15.4. The van der Waals surface area contributed by atoms with Gasteiger partial charge in [-0.1, -0.05) is 41.9 Å². The van der Waals surface area contributed by atoms with Crippen LogP contribution in [0.4, 0.5) is 0 Å². The van der Waals surface area contributed by atoms with Crippen LogP contribution in [-0.4, -0.2) is 87.1 Å². The molecule has 3 unspecified atom stereocenters. The molecule has 0 saturated carbocycles. The van der Waals surface area contributed by atoms with Crippen LogP contribution in [0.2, 0.25) is 0 Å². The second kappa shape index (κ2) is 11.8. The number of unbranched alkanes of at least 4 members (excludes halogenated alkanes) is 2. The summed E-state index contributed by atoms with van der Waals surface area (Å²) in [4.78, 5) is 44.5. The molecule has 0 aromatic rings. The molecule has 3 rings (SSSR count). The number of aliphatic hydroxyl groups excluding tert-OH is 1. The first-order valence-electron chi connectivity index (χ1n) is 13.0. The van der Waals surface area contributed by atoms with Gasteiger partial charge in [-0.25, -0.2) is 0 Å². The summed E-state index contributed by atoms with van der Waals surface area (Å²) in [5, 5.41) is 10.3. The van der Waals surface area contributed by atoms with Gasteiger partial charge in [0.2, 0.25) is 11.8 Å². The standard InChI is InChI=1S/C27H41BrN2O6/c1-7-9-10-11-13-35-26(34)20-21-24(32)30(19(15-31)16(3)4)23(25(33)29(12-8-2)17(5)6)27(21)14-18(28)22(20)36-27/h7-8,16-23,31H,1-2,9-15H2,3-6H3/t18?,19-,20+,21-,22+,23?,27?/m0/s1. The van der Waals surface area contributed by atoms with E-state index in [4.69, 9.17) is 9.47 Å². The lowest BCUT2D eigenvalue weighted by atomic mass is 9.70. The van der Waals surface area contributed by atoms with E-state index < -0.39 is 41.6 Å². The van der Waals surface area contributed by atoms with Gasteiger partial charge in [0, 0.05) is 17.4 Å². The highest BCUT2D eigenvalue weighted by atomic mass is 79.9. The van der Waals surface area contributed by atoms with E-state index >= 15 is 0 Å². The lowest BCUT2D eigenvalue weighted by molar-refractivity contribution is -0.157. The van der Waals surface area contributed by atoms with E-state index in [0.717, 1.165) is 12.8 Å². The molecule has 8 nitrogen and oxygen atoms in total. The van der Waals surface area contributed by atoms with Crippen LogP contribution in [0, 0.1) is 17.8 Å². The fourth-order valence-corrected chi connectivity index (χ4v) is 7.05. The smallest absolute Gasteiger partial charge is 0.312 e. The van der Waals surface area contributed by atoms with Crippen LogP contribution in [0.25, 0.3) is 0 Å². The van der Waals surface area contributed by atoms with Crippen molar-refractivity contribution in [1.29, 1.82) is 0 Å². The third-order valence-corrected chi connectivity index (χ3v) is 8.67. The van der Waals surface area contributed by atoms with E-state index in [0.29, 0.717) is 19.4 Å². The first-order chi connectivity index (χ1) is 17.1. The van der Waals surface area contributed by atoms with Crippen molar-refractivity contribution in [2.45, 2.75) is 88.0 Å². The molecule has 202 valence electrons. The zero-order chi connectivity index (χ0) is 26.8. The molecule has 3 aliphatic heterocycles. The number of aliphatic hydroxyl groups is 1. The molecule has 36 heavy (non-hydrogen) atoms. The van der Waals surface area contributed by atoms with Crippen molar-refractivity contribution in [3.8, 4) is 0 Å². The maximum absolute atomic E-state index is 14.1. The number of ether oxygens (including phenoxy) is 2. The van der Waals surface area contributed by atoms with Gasteiger partial charge in [0.1, 0.15) is 11.6 Å². The van der Waals surface area contributed by atoms with Crippen LogP contribution in [0.3, 0.4) is 0 Å². The van der Waals surface area contributed by atoms with Crippen molar-refractivity contribution in [3.05, 3.63) is 25.3 Å². The summed E-state index contributed by atoms with van der Waals surface area (Å²) in [6.07, 6.45) is 5.75. The summed E-state index contributed by atoms with van der Waals surface area (Å²) >= 11 is 3.67. The van der Waals surface area contributed by atoms with E-state index in [1.165, 1.54) is 4.90 Å². The number of likely N-dealkylation sites (tertiary alicyclic amines) is 1. The van der Waals surface area contributed by atoms with Gasteiger partial charge in [-0.3, -0.25) is 14.4 Å². The average Bonchev–Trinajstić information content (AvgIpc) is 3.41. The Morgan fingerprint density at radius 3 is 2.53 bits per heavy atom. The average molecular weight is 570 g/mol. The van der Waals surface area contributed by atoms with Crippen LogP contribution in [0.1, 0.15) is 53.4 Å². The summed E-state index contributed by atoms with van der Waals surface area (Å²) in [5.74, 6) is -2.79. The summed E-state index contributed by atoms with van der Waals surface area (Å²) < 4.78 is 12.1. The molecule has 1 N–H and O–H groups in total. The molecule has 3 fully saturated rings. The molecule has 3 heterocycles. The maximum atomic E-state index is 14.1. The molecule has 1 spiro atoms. The first-order valence-corrected chi connectivity index (χ1v) is 13.9. The zero-order valence-electron chi connectivity index (χ0n) is 21.9. The molecule has 0 aliphatic carbocycles. The fraction of sp³-hybridized carbons (Fsp3) is 0.741. The van der Waals surface area contributed by atoms with Crippen molar-refractivity contribution in [2.24, 2.45) is 17.8 Å². The van der Waals surface area contributed by atoms with Crippen LogP contribution < -0.4 is 0 Å². The number of esters is 1. The minimum atomic E-state index is -1.17. The van der Waals surface area contributed by atoms with Gasteiger partial charge in [0.15, 0.2) is 0 Å². The SMILES string of the molecule is C=CCCCCOC(=O)[C@H]1[C@@H]2OC3(CC2Br)C(C(=O)N(CC=C)C(C)C)N([C@@H](CO)C(C)C)C(=O)[C@H]13. The number of amides is 2. The van der Waals surface area contributed by atoms with Gasteiger partial charge in [-0.15, -0.1) is 13.2 Å². The van der Waals surface area contributed by atoms with E-state index in [9.17, 15) is 19.5 Å². The fourth-order valence-electron chi connectivity index (χ4n) is 6.10. The van der Waals surface area contributed by atoms with E-state index in [1.807, 2.05) is 33.8 Å². The number of allylic oxidation sites excluding steroid dienone is 1. The topological polar surface area (TPSA) is 96.4 Å². The van der Waals surface area contributed by atoms with Crippen LogP contribution in [0.5, 0.6) is 0 Å². The molecular formula is C27H41BrN2O6. The molecule has 2 bridgehead atoms. The summed E-state index contributed by atoms with van der Waals surface area (Å²) in [5.41, 5.74) is -1.17. The number of carbonyl (C=O) groups is 3. The maximum Gasteiger partial charge on any atom is 0.312 e. The number of nitrogens with zero attached hydrogens (tertiary/aromatic N) is 2. The van der Waals surface area contributed by atoms with Crippen LogP contribution in [-0.2, 0) is 23.9 Å². The number of hydrogen-bond acceptors (Lipinski definition) is 6. The Kier molecular flexibility index (Phi) is 9.44. The summed E-state index contributed by atoms with van der Waals surface area (Å²) in [6, 6.07) is -1.67. The minimum absolute atomic E-state index is 0.108. The van der Waals surface area contributed by atoms with E-state index in [-0.39, 0.29) is 41.8 Å². The largest absolute Gasteiger partial charge is 0.465 e. The van der Waals surface area contributed by atoms with Gasteiger partial charge in [0.05, 0.1) is 37.2 Å². The Bertz CT molecular complexity index is 863. The quantitative estimate of drug-likeness (QED) is 0.159. The Morgan fingerprint density at radius 1 is 1.28 bits per heavy atom. The minimum Gasteiger partial charge on any atom is -0.465 e. The lowest BCUT2D eigenvalue weighted by Gasteiger charge is -2.41. The highest BCUT2D eigenvalue weighted by Crippen LogP contribution is 2.61. The van der Waals surface area contributed by atoms with Crippen molar-refractivity contribution in [1.82, 2.24) is 9.80 Å². The molecule has 0 aromatic carbocycles. The Balaban J connectivity index is 2.01. The Hall–Kier alpha value is -1.71. The molecule has 7 atom stereocenters. The number of alkyl halides is 1. The number of rotatable bonds is 13. The van der Waals surface area contributed by atoms with Crippen LogP contribution >= 0.6 is 15.9 Å². The molecule has 0 aromatic heterocycles. The first kappa shape index (κ1) is 28.9. The highest BCUT2D eigenvalue weighted by molar-refractivity contribution is 9.09. The molecule has 3 saturated heterocycles. The number of carbonyl (C=O) groups excluding carboxylic acids is 3. The molecule has 9 heteroatoms. The van der Waals surface area contributed by atoms with E-state index in [2.05, 4.69) is 29.1 Å². The number of hydrogen-bond donors (Lipinski definition) is 1. The van der Waals surface area contributed by atoms with Crippen molar-refractivity contribution >= 4 is 33.7 Å². The van der Waals surface area contributed by atoms with Gasteiger partial charge in [-0.2, -0.15) is 0 Å².